The van der Waals surface area contributed by atoms with Gasteiger partial charge in [0, 0.05) is 19.7 Å². The summed E-state index contributed by atoms with van der Waals surface area (Å²) in [6.45, 7) is 2.83. The number of fused-ring (bicyclic) bond motifs is 1. The largest absolute Gasteiger partial charge is 0.378 e. The molecular weight excluding hydrogens is 345 g/mol. The average Bonchev–Trinajstić information content (AvgIpc) is 3.38. The zero-order valence-electron chi connectivity index (χ0n) is 15.1. The van der Waals surface area contributed by atoms with Crippen molar-refractivity contribution in [1.82, 2.24) is 19.8 Å². The van der Waals surface area contributed by atoms with Crippen LogP contribution in [0.2, 0.25) is 0 Å². The molecule has 6 nitrogen and oxygen atoms in total. The molecule has 2 saturated heterocycles. The lowest BCUT2D eigenvalue weighted by atomic mass is 9.90. The van der Waals surface area contributed by atoms with Crippen molar-refractivity contribution in [3.63, 3.8) is 0 Å². The monoisotopic (exact) mass is 367 g/mol. The third-order valence-electron chi connectivity index (χ3n) is 5.72. The quantitative estimate of drug-likeness (QED) is 0.711. The molecule has 0 saturated carbocycles. The van der Waals surface area contributed by atoms with Gasteiger partial charge >= 0.3 is 0 Å². The first-order valence-corrected chi connectivity index (χ1v) is 9.63. The van der Waals surface area contributed by atoms with Gasteiger partial charge in [0.2, 0.25) is 0 Å². The number of halogens is 1. The van der Waals surface area contributed by atoms with Gasteiger partial charge in [0.1, 0.15) is 11.6 Å². The Bertz CT molecular complexity index is 944. The van der Waals surface area contributed by atoms with Crippen molar-refractivity contribution >= 4 is 11.5 Å². The summed E-state index contributed by atoms with van der Waals surface area (Å²) >= 11 is 0. The molecule has 2 fully saturated rings. The maximum absolute atomic E-state index is 14.2. The molecular formula is C20H22FN5O. The number of hydrogen-bond donors (Lipinski definition) is 0. The van der Waals surface area contributed by atoms with Crippen molar-refractivity contribution in [3.05, 3.63) is 42.2 Å². The Hall–Kier alpha value is -2.54. The Balaban J connectivity index is 1.40. The van der Waals surface area contributed by atoms with Gasteiger partial charge in [-0.2, -0.15) is 4.52 Å². The lowest BCUT2D eigenvalue weighted by Crippen LogP contribution is -2.38. The molecule has 5 rings (SSSR count). The second kappa shape index (κ2) is 6.88. The molecule has 7 heteroatoms. The highest BCUT2D eigenvalue weighted by Gasteiger charge is 2.30. The summed E-state index contributed by atoms with van der Waals surface area (Å²) in [5.74, 6) is 1.64. The van der Waals surface area contributed by atoms with Gasteiger partial charge in [-0.05, 0) is 55.9 Å². The second-order valence-electron chi connectivity index (χ2n) is 7.34. The summed E-state index contributed by atoms with van der Waals surface area (Å²) in [7, 11) is 0. The molecule has 0 amide bonds. The number of benzene rings is 1. The van der Waals surface area contributed by atoms with E-state index in [4.69, 9.17) is 9.84 Å². The normalized spacial score (nSPS) is 21.2. The van der Waals surface area contributed by atoms with Gasteiger partial charge in [-0.25, -0.2) is 4.39 Å². The number of aromatic nitrogens is 4. The summed E-state index contributed by atoms with van der Waals surface area (Å²) in [5, 5.41) is 13.0. The number of anilines is 1. The fourth-order valence-electron chi connectivity index (χ4n) is 4.23. The van der Waals surface area contributed by atoms with Crippen LogP contribution in [-0.4, -0.2) is 45.6 Å². The van der Waals surface area contributed by atoms with Crippen LogP contribution >= 0.6 is 0 Å². The van der Waals surface area contributed by atoms with Gasteiger partial charge in [-0.1, -0.05) is 12.1 Å². The van der Waals surface area contributed by atoms with Gasteiger partial charge in [0.15, 0.2) is 11.5 Å². The fourth-order valence-corrected chi connectivity index (χ4v) is 4.23. The Labute approximate surface area is 157 Å². The molecule has 4 heterocycles. The van der Waals surface area contributed by atoms with Gasteiger partial charge in [0.25, 0.3) is 0 Å². The highest BCUT2D eigenvalue weighted by molar-refractivity contribution is 5.60. The number of hydrogen-bond acceptors (Lipinski definition) is 5. The van der Waals surface area contributed by atoms with Crippen LogP contribution in [0, 0.1) is 11.7 Å². The van der Waals surface area contributed by atoms with Gasteiger partial charge in [-0.3, -0.25) is 0 Å². The van der Waals surface area contributed by atoms with E-state index in [2.05, 4.69) is 15.1 Å². The van der Waals surface area contributed by atoms with E-state index in [1.165, 1.54) is 18.9 Å². The first-order valence-electron chi connectivity index (χ1n) is 9.63. The molecule has 1 atom stereocenters. The lowest BCUT2D eigenvalue weighted by Gasteiger charge is -2.34. The predicted molar refractivity (Wildman–Crippen MR) is 100 cm³/mol. The van der Waals surface area contributed by atoms with E-state index >= 15 is 0 Å². The van der Waals surface area contributed by atoms with E-state index in [1.807, 2.05) is 12.1 Å². The first-order chi connectivity index (χ1) is 13.3. The highest BCUT2D eigenvalue weighted by atomic mass is 19.1. The van der Waals surface area contributed by atoms with E-state index in [1.54, 1.807) is 22.7 Å². The number of rotatable bonds is 3. The van der Waals surface area contributed by atoms with Crippen molar-refractivity contribution in [1.29, 1.82) is 0 Å². The highest BCUT2D eigenvalue weighted by Crippen LogP contribution is 2.30. The third kappa shape index (κ3) is 3.06. The minimum absolute atomic E-state index is 0.323. The van der Waals surface area contributed by atoms with Crippen LogP contribution in [0.4, 0.5) is 10.2 Å². The number of nitrogens with zero attached hydrogens (tertiary/aromatic N) is 5. The molecule has 0 N–H and O–H groups in total. The van der Waals surface area contributed by atoms with Crippen molar-refractivity contribution < 1.29 is 9.13 Å². The Morgan fingerprint density at radius 3 is 2.63 bits per heavy atom. The SMILES string of the molecule is Fc1ccccc1-c1nnc2ccc(N3CCC(C4CCCO4)CC3)nn12. The molecule has 2 aromatic heterocycles. The van der Waals surface area contributed by atoms with Gasteiger partial charge in [-0.15, -0.1) is 15.3 Å². The molecule has 0 bridgehead atoms. The minimum Gasteiger partial charge on any atom is -0.378 e. The molecule has 0 spiro atoms. The van der Waals surface area contributed by atoms with E-state index in [9.17, 15) is 4.39 Å². The Morgan fingerprint density at radius 2 is 1.85 bits per heavy atom. The predicted octanol–water partition coefficient (Wildman–Crippen LogP) is 3.33. The van der Waals surface area contributed by atoms with Gasteiger partial charge in [0.05, 0.1) is 11.7 Å². The van der Waals surface area contributed by atoms with Crippen molar-refractivity contribution in [2.45, 2.75) is 31.8 Å². The van der Waals surface area contributed by atoms with Crippen molar-refractivity contribution in [2.75, 3.05) is 24.6 Å². The standard InChI is InChI=1S/C20H22FN5O/c21-16-5-2-1-4-15(16)20-23-22-18-7-8-19(24-26(18)20)25-11-9-14(10-12-25)17-6-3-13-27-17/h1-2,4-5,7-8,14,17H,3,6,9-13H2. The molecule has 0 aliphatic carbocycles. The zero-order chi connectivity index (χ0) is 18.2. The summed E-state index contributed by atoms with van der Waals surface area (Å²) in [4.78, 5) is 2.29. The topological polar surface area (TPSA) is 55.5 Å². The van der Waals surface area contributed by atoms with Crippen LogP contribution in [0.25, 0.3) is 17.0 Å². The molecule has 27 heavy (non-hydrogen) atoms. The van der Waals surface area contributed by atoms with Crippen molar-refractivity contribution in [2.24, 2.45) is 5.92 Å². The molecule has 0 radical (unpaired) electrons. The van der Waals surface area contributed by atoms with Crippen LogP contribution < -0.4 is 4.90 Å². The van der Waals surface area contributed by atoms with E-state index in [0.717, 1.165) is 38.4 Å². The first kappa shape index (κ1) is 16.6. The van der Waals surface area contributed by atoms with Crippen molar-refractivity contribution in [3.8, 4) is 11.4 Å². The minimum atomic E-state index is -0.323. The Morgan fingerprint density at radius 1 is 1.00 bits per heavy atom. The molecule has 3 aromatic rings. The number of ether oxygens (including phenoxy) is 1. The van der Waals surface area contributed by atoms with E-state index in [-0.39, 0.29) is 5.82 Å². The molecule has 1 aromatic carbocycles. The smallest absolute Gasteiger partial charge is 0.188 e. The van der Waals surface area contributed by atoms with Crippen LogP contribution in [0.3, 0.4) is 0 Å². The Kier molecular flexibility index (Phi) is 4.24. The zero-order valence-corrected chi connectivity index (χ0v) is 15.1. The van der Waals surface area contributed by atoms with Crippen LogP contribution in [-0.2, 0) is 4.74 Å². The molecule has 2 aliphatic heterocycles. The average molecular weight is 367 g/mol. The second-order valence-corrected chi connectivity index (χ2v) is 7.34. The fraction of sp³-hybridized carbons (Fsp3) is 0.450. The molecule has 2 aliphatic rings. The molecule has 1 unspecified atom stereocenters. The summed E-state index contributed by atoms with van der Waals surface area (Å²) in [6.07, 6.45) is 5.06. The third-order valence-corrected chi connectivity index (χ3v) is 5.72. The summed E-state index contributed by atoms with van der Waals surface area (Å²) in [5.41, 5.74) is 1.03. The van der Waals surface area contributed by atoms with E-state index in [0.29, 0.717) is 29.1 Å². The van der Waals surface area contributed by atoms with Gasteiger partial charge < -0.3 is 9.64 Å². The van der Waals surface area contributed by atoms with Crippen LogP contribution in [0.15, 0.2) is 36.4 Å². The summed E-state index contributed by atoms with van der Waals surface area (Å²) in [6, 6.07) is 10.5. The number of piperidine rings is 1. The lowest BCUT2D eigenvalue weighted by molar-refractivity contribution is 0.0531. The van der Waals surface area contributed by atoms with E-state index < -0.39 is 0 Å². The molecule has 140 valence electrons. The maximum atomic E-state index is 14.2. The summed E-state index contributed by atoms with van der Waals surface area (Å²) < 4.78 is 21.7. The van der Waals surface area contributed by atoms with Crippen LogP contribution in [0.5, 0.6) is 0 Å². The van der Waals surface area contributed by atoms with Crippen LogP contribution in [0.1, 0.15) is 25.7 Å². The maximum Gasteiger partial charge on any atom is 0.188 e.